The Balaban J connectivity index is 3.26. The van der Waals surface area contributed by atoms with Crippen LogP contribution in [-0.4, -0.2) is 17.7 Å². The van der Waals surface area contributed by atoms with Crippen LogP contribution in [0, 0.1) is 18.3 Å². The fourth-order valence-electron chi connectivity index (χ4n) is 1.39. The molecule has 0 spiro atoms. The number of carbonyl (C=O) groups excluding carboxylic acids is 1. The van der Waals surface area contributed by atoms with Crippen LogP contribution in [0.3, 0.4) is 0 Å². The molecule has 0 fully saturated rings. The second-order valence-electron chi connectivity index (χ2n) is 3.31. The van der Waals surface area contributed by atoms with E-state index in [1.54, 1.807) is 19.9 Å². The van der Waals surface area contributed by atoms with Gasteiger partial charge in [0.1, 0.15) is 6.07 Å². The molecule has 84 valence electrons. The number of nitrogens with zero attached hydrogens (tertiary/aromatic N) is 1. The molecular formula is C12H13NO3. The Morgan fingerprint density at radius 2 is 2.25 bits per heavy atom. The van der Waals surface area contributed by atoms with E-state index in [4.69, 9.17) is 15.1 Å². The summed E-state index contributed by atoms with van der Waals surface area (Å²) in [4.78, 5) is 11.5. The summed E-state index contributed by atoms with van der Waals surface area (Å²) in [5.41, 5.74) is 1.89. The zero-order valence-corrected chi connectivity index (χ0v) is 9.28. The molecule has 4 nitrogen and oxygen atoms in total. The first-order chi connectivity index (χ1) is 7.63. The van der Waals surface area contributed by atoms with E-state index in [2.05, 4.69) is 0 Å². The van der Waals surface area contributed by atoms with Crippen molar-refractivity contribution in [2.45, 2.75) is 20.5 Å². The number of nitriles is 1. The highest BCUT2D eigenvalue weighted by molar-refractivity contribution is 5.92. The Kier molecular flexibility index (Phi) is 4.03. The van der Waals surface area contributed by atoms with Crippen LogP contribution in [0.2, 0.25) is 0 Å². The molecule has 0 heterocycles. The summed E-state index contributed by atoms with van der Waals surface area (Å²) in [5, 5.41) is 18.0. The molecule has 0 aliphatic carbocycles. The van der Waals surface area contributed by atoms with Gasteiger partial charge in [-0.25, -0.2) is 4.79 Å². The standard InChI is InChI=1S/C12H13NO3/c1-3-16-12(15)11-5-10(7-14)8(2)4-9(11)6-13/h4-5,14H,3,7H2,1-2H3. The summed E-state index contributed by atoms with van der Waals surface area (Å²) in [6.07, 6.45) is 0. The predicted molar refractivity (Wildman–Crippen MR) is 57.8 cm³/mol. The van der Waals surface area contributed by atoms with Gasteiger partial charge in [0, 0.05) is 0 Å². The second kappa shape index (κ2) is 5.29. The van der Waals surface area contributed by atoms with E-state index in [0.717, 1.165) is 5.56 Å². The quantitative estimate of drug-likeness (QED) is 0.783. The average molecular weight is 219 g/mol. The topological polar surface area (TPSA) is 70.3 Å². The number of carbonyl (C=O) groups is 1. The summed E-state index contributed by atoms with van der Waals surface area (Å²) < 4.78 is 4.84. The number of aliphatic hydroxyl groups is 1. The van der Waals surface area contributed by atoms with Gasteiger partial charge in [0.25, 0.3) is 0 Å². The molecule has 0 aromatic heterocycles. The maximum absolute atomic E-state index is 11.5. The Morgan fingerprint density at radius 3 is 2.75 bits per heavy atom. The van der Waals surface area contributed by atoms with Crippen molar-refractivity contribution in [3.63, 3.8) is 0 Å². The van der Waals surface area contributed by atoms with E-state index in [1.807, 2.05) is 6.07 Å². The van der Waals surface area contributed by atoms with Gasteiger partial charge in [-0.2, -0.15) is 5.26 Å². The summed E-state index contributed by atoms with van der Waals surface area (Å²) in [6.45, 7) is 3.57. The van der Waals surface area contributed by atoms with Crippen molar-refractivity contribution >= 4 is 5.97 Å². The SMILES string of the molecule is CCOC(=O)c1cc(CO)c(C)cc1C#N. The number of aliphatic hydroxyl groups excluding tert-OH is 1. The largest absolute Gasteiger partial charge is 0.462 e. The average Bonchev–Trinajstić information content (AvgIpc) is 2.28. The number of hydrogen-bond donors (Lipinski definition) is 1. The van der Waals surface area contributed by atoms with Gasteiger partial charge >= 0.3 is 5.97 Å². The highest BCUT2D eigenvalue weighted by atomic mass is 16.5. The third kappa shape index (κ3) is 2.38. The molecule has 1 aromatic rings. The fraction of sp³-hybridized carbons (Fsp3) is 0.333. The molecule has 16 heavy (non-hydrogen) atoms. The molecule has 0 radical (unpaired) electrons. The van der Waals surface area contributed by atoms with Gasteiger partial charge in [0.05, 0.1) is 24.3 Å². The van der Waals surface area contributed by atoms with Gasteiger partial charge < -0.3 is 9.84 Å². The van der Waals surface area contributed by atoms with Crippen molar-refractivity contribution < 1.29 is 14.6 Å². The molecule has 0 aliphatic heterocycles. The number of esters is 1. The van der Waals surface area contributed by atoms with E-state index < -0.39 is 5.97 Å². The van der Waals surface area contributed by atoms with Crippen LogP contribution in [0.1, 0.15) is 34.0 Å². The number of ether oxygens (including phenoxy) is 1. The first-order valence-corrected chi connectivity index (χ1v) is 4.95. The number of hydrogen-bond acceptors (Lipinski definition) is 4. The van der Waals surface area contributed by atoms with Crippen LogP contribution in [0.15, 0.2) is 12.1 Å². The number of rotatable bonds is 3. The van der Waals surface area contributed by atoms with E-state index in [1.165, 1.54) is 6.07 Å². The molecule has 0 saturated carbocycles. The molecule has 1 aromatic carbocycles. The lowest BCUT2D eigenvalue weighted by Gasteiger charge is -2.08. The molecule has 0 bridgehead atoms. The van der Waals surface area contributed by atoms with Gasteiger partial charge in [-0.1, -0.05) is 0 Å². The Labute approximate surface area is 94.1 Å². The van der Waals surface area contributed by atoms with Crippen molar-refractivity contribution in [1.29, 1.82) is 5.26 Å². The zero-order chi connectivity index (χ0) is 12.1. The molecule has 0 saturated heterocycles. The minimum absolute atomic E-state index is 0.163. The summed E-state index contributed by atoms with van der Waals surface area (Å²) in [6, 6.07) is 5.03. The molecule has 0 atom stereocenters. The minimum atomic E-state index is -0.534. The van der Waals surface area contributed by atoms with Crippen molar-refractivity contribution in [2.24, 2.45) is 0 Å². The van der Waals surface area contributed by atoms with Gasteiger partial charge in [-0.3, -0.25) is 0 Å². The van der Waals surface area contributed by atoms with E-state index in [0.29, 0.717) is 5.56 Å². The van der Waals surface area contributed by atoms with Crippen LogP contribution in [0.5, 0.6) is 0 Å². The van der Waals surface area contributed by atoms with Gasteiger partial charge in [-0.05, 0) is 37.1 Å². The molecule has 0 amide bonds. The van der Waals surface area contributed by atoms with Gasteiger partial charge in [0.2, 0.25) is 0 Å². The molecule has 4 heteroatoms. The van der Waals surface area contributed by atoms with Crippen LogP contribution >= 0.6 is 0 Å². The van der Waals surface area contributed by atoms with Crippen molar-refractivity contribution in [1.82, 2.24) is 0 Å². The van der Waals surface area contributed by atoms with Crippen LogP contribution in [0.25, 0.3) is 0 Å². The van der Waals surface area contributed by atoms with Crippen LogP contribution < -0.4 is 0 Å². The van der Waals surface area contributed by atoms with E-state index >= 15 is 0 Å². The highest BCUT2D eigenvalue weighted by Gasteiger charge is 2.14. The molecule has 1 rings (SSSR count). The van der Waals surface area contributed by atoms with Gasteiger partial charge in [-0.15, -0.1) is 0 Å². The zero-order valence-electron chi connectivity index (χ0n) is 9.28. The first-order valence-electron chi connectivity index (χ1n) is 4.95. The monoisotopic (exact) mass is 219 g/mol. The Hall–Kier alpha value is -1.86. The summed E-state index contributed by atoms with van der Waals surface area (Å²) in [7, 11) is 0. The van der Waals surface area contributed by atoms with E-state index in [9.17, 15) is 4.79 Å². The molecule has 1 N–H and O–H groups in total. The Morgan fingerprint density at radius 1 is 1.56 bits per heavy atom. The third-order valence-electron chi connectivity index (χ3n) is 2.26. The lowest BCUT2D eigenvalue weighted by atomic mass is 10.00. The summed E-state index contributed by atoms with van der Waals surface area (Å²) in [5.74, 6) is -0.534. The van der Waals surface area contributed by atoms with Crippen molar-refractivity contribution in [3.8, 4) is 6.07 Å². The summed E-state index contributed by atoms with van der Waals surface area (Å²) >= 11 is 0. The van der Waals surface area contributed by atoms with Crippen molar-refractivity contribution in [2.75, 3.05) is 6.61 Å². The van der Waals surface area contributed by atoms with Crippen LogP contribution in [-0.2, 0) is 11.3 Å². The maximum atomic E-state index is 11.5. The van der Waals surface area contributed by atoms with Gasteiger partial charge in [0.15, 0.2) is 0 Å². The smallest absolute Gasteiger partial charge is 0.339 e. The Bertz CT molecular complexity index is 446. The molecule has 0 aliphatic rings. The molecular weight excluding hydrogens is 206 g/mol. The van der Waals surface area contributed by atoms with E-state index in [-0.39, 0.29) is 24.3 Å². The molecule has 0 unspecified atom stereocenters. The minimum Gasteiger partial charge on any atom is -0.462 e. The van der Waals surface area contributed by atoms with Crippen LogP contribution in [0.4, 0.5) is 0 Å². The first kappa shape index (κ1) is 12.2. The highest BCUT2D eigenvalue weighted by Crippen LogP contribution is 2.17. The number of aryl methyl sites for hydroxylation is 1. The third-order valence-corrected chi connectivity index (χ3v) is 2.26. The lowest BCUT2D eigenvalue weighted by molar-refractivity contribution is 0.0526. The number of benzene rings is 1. The van der Waals surface area contributed by atoms with Crippen molar-refractivity contribution in [3.05, 3.63) is 34.4 Å². The lowest BCUT2D eigenvalue weighted by Crippen LogP contribution is -2.08. The normalized spacial score (nSPS) is 9.62. The predicted octanol–water partition coefficient (Wildman–Crippen LogP) is 1.54. The second-order valence-corrected chi connectivity index (χ2v) is 3.31. The fourth-order valence-corrected chi connectivity index (χ4v) is 1.39. The maximum Gasteiger partial charge on any atom is 0.339 e.